The Labute approximate surface area is 174 Å². The van der Waals surface area contributed by atoms with Crippen LogP contribution in [0.3, 0.4) is 0 Å². The number of hydrogen-bond acceptors (Lipinski definition) is 4. The SMILES string of the molecule is CC[C@@H](Oc1ccc(N(C)S(C)(=O)=O)cc1)C(=O)NC12CC3CC(CC(C3)C1)C2. The predicted molar refractivity (Wildman–Crippen MR) is 113 cm³/mol. The van der Waals surface area contributed by atoms with Crippen molar-refractivity contribution in [3.05, 3.63) is 24.3 Å². The van der Waals surface area contributed by atoms with E-state index in [1.165, 1.54) is 36.9 Å². The van der Waals surface area contributed by atoms with Gasteiger partial charge in [0.15, 0.2) is 6.10 Å². The van der Waals surface area contributed by atoms with Crippen LogP contribution in [0.4, 0.5) is 5.69 Å². The summed E-state index contributed by atoms with van der Waals surface area (Å²) in [7, 11) is -1.79. The molecule has 1 N–H and O–H groups in total. The highest BCUT2D eigenvalue weighted by molar-refractivity contribution is 7.92. The fourth-order valence-electron chi connectivity index (χ4n) is 6.02. The van der Waals surface area contributed by atoms with Gasteiger partial charge in [0.25, 0.3) is 5.91 Å². The molecule has 0 radical (unpaired) electrons. The van der Waals surface area contributed by atoms with Gasteiger partial charge in [-0.15, -0.1) is 0 Å². The molecule has 4 bridgehead atoms. The maximum atomic E-state index is 13.0. The Hall–Kier alpha value is -1.76. The van der Waals surface area contributed by atoms with E-state index in [4.69, 9.17) is 4.74 Å². The molecule has 6 nitrogen and oxygen atoms in total. The fraction of sp³-hybridized carbons (Fsp3) is 0.682. The zero-order valence-electron chi connectivity index (χ0n) is 17.6. The highest BCUT2D eigenvalue weighted by atomic mass is 32.2. The molecule has 0 heterocycles. The number of nitrogens with zero attached hydrogens (tertiary/aromatic N) is 1. The Morgan fingerprint density at radius 2 is 1.66 bits per heavy atom. The van der Waals surface area contributed by atoms with E-state index in [2.05, 4.69) is 5.32 Å². The minimum absolute atomic E-state index is 0.0215. The number of anilines is 1. The van der Waals surface area contributed by atoms with E-state index >= 15 is 0 Å². The lowest BCUT2D eigenvalue weighted by molar-refractivity contribution is -0.134. The molecule has 0 aliphatic heterocycles. The van der Waals surface area contributed by atoms with Crippen molar-refractivity contribution in [3.63, 3.8) is 0 Å². The largest absolute Gasteiger partial charge is 0.481 e. The van der Waals surface area contributed by atoms with Gasteiger partial charge in [0, 0.05) is 12.6 Å². The first-order valence-electron chi connectivity index (χ1n) is 10.7. The third kappa shape index (κ3) is 4.25. The van der Waals surface area contributed by atoms with E-state index in [0.29, 0.717) is 17.9 Å². The van der Waals surface area contributed by atoms with E-state index < -0.39 is 16.1 Å². The monoisotopic (exact) mass is 420 g/mol. The van der Waals surface area contributed by atoms with Crippen molar-refractivity contribution in [3.8, 4) is 5.75 Å². The van der Waals surface area contributed by atoms with Gasteiger partial charge in [-0.1, -0.05) is 6.92 Å². The minimum atomic E-state index is -3.31. The second-order valence-electron chi connectivity index (χ2n) is 9.43. The molecule has 160 valence electrons. The lowest BCUT2D eigenvalue weighted by Gasteiger charge is -2.57. The molecule has 5 rings (SSSR count). The predicted octanol–water partition coefficient (Wildman–Crippen LogP) is 3.32. The van der Waals surface area contributed by atoms with Gasteiger partial charge in [-0.3, -0.25) is 9.10 Å². The molecule has 4 fully saturated rings. The molecule has 1 aromatic carbocycles. The molecular weight excluding hydrogens is 388 g/mol. The standard InChI is InChI=1S/C22H32N2O4S/c1-4-20(28-19-7-5-18(6-8-19)24(2)29(3,26)27)21(25)23-22-12-15-9-16(13-22)11-17(10-15)14-22/h5-8,15-17,20H,4,9-14H2,1-3H3,(H,23,25)/t15?,16?,17?,20-,22?/m1/s1. The van der Waals surface area contributed by atoms with Crippen LogP contribution in [0.5, 0.6) is 5.75 Å². The van der Waals surface area contributed by atoms with Crippen LogP contribution in [0.2, 0.25) is 0 Å². The van der Waals surface area contributed by atoms with Gasteiger partial charge in [0.2, 0.25) is 10.0 Å². The van der Waals surface area contributed by atoms with Crippen LogP contribution < -0.4 is 14.4 Å². The van der Waals surface area contributed by atoms with Crippen LogP contribution in [0.1, 0.15) is 51.9 Å². The minimum Gasteiger partial charge on any atom is -0.481 e. The average Bonchev–Trinajstić information content (AvgIpc) is 2.63. The maximum absolute atomic E-state index is 13.0. The first-order chi connectivity index (χ1) is 13.7. The summed E-state index contributed by atoms with van der Waals surface area (Å²) in [6.45, 7) is 1.95. The van der Waals surface area contributed by atoms with Crippen molar-refractivity contribution < 1.29 is 17.9 Å². The summed E-state index contributed by atoms with van der Waals surface area (Å²) in [6, 6.07) is 6.83. The Morgan fingerprint density at radius 3 is 2.10 bits per heavy atom. The molecule has 4 aliphatic rings. The topological polar surface area (TPSA) is 75.7 Å². The lowest BCUT2D eigenvalue weighted by Crippen LogP contribution is -2.61. The summed E-state index contributed by atoms with van der Waals surface area (Å²) in [5, 5.41) is 3.39. The van der Waals surface area contributed by atoms with Gasteiger partial charge in [0.1, 0.15) is 5.75 Å². The Morgan fingerprint density at radius 1 is 1.14 bits per heavy atom. The van der Waals surface area contributed by atoms with Gasteiger partial charge in [-0.25, -0.2) is 8.42 Å². The van der Waals surface area contributed by atoms with Crippen LogP contribution in [0.25, 0.3) is 0 Å². The Balaban J connectivity index is 1.41. The van der Waals surface area contributed by atoms with Gasteiger partial charge < -0.3 is 10.1 Å². The molecule has 1 atom stereocenters. The Bertz CT molecular complexity index is 830. The molecule has 29 heavy (non-hydrogen) atoms. The highest BCUT2D eigenvalue weighted by Crippen LogP contribution is 2.55. The summed E-state index contributed by atoms with van der Waals surface area (Å²) >= 11 is 0. The van der Waals surface area contributed by atoms with Crippen molar-refractivity contribution in [2.24, 2.45) is 17.8 Å². The molecule has 0 spiro atoms. The van der Waals surface area contributed by atoms with Gasteiger partial charge in [-0.2, -0.15) is 0 Å². The number of amides is 1. The first-order valence-corrected chi connectivity index (χ1v) is 12.5. The summed E-state index contributed by atoms with van der Waals surface area (Å²) in [5.74, 6) is 2.89. The molecule has 0 aromatic heterocycles. The number of carbonyl (C=O) groups is 1. The molecular formula is C22H32N2O4S. The first kappa shape index (κ1) is 20.5. The molecule has 4 aliphatic carbocycles. The third-order valence-corrected chi connectivity index (χ3v) is 8.27. The number of rotatable bonds is 7. The van der Waals surface area contributed by atoms with E-state index in [-0.39, 0.29) is 11.4 Å². The molecule has 7 heteroatoms. The molecule has 0 unspecified atom stereocenters. The van der Waals surface area contributed by atoms with Crippen LogP contribution in [0, 0.1) is 17.8 Å². The van der Waals surface area contributed by atoms with E-state index in [9.17, 15) is 13.2 Å². The van der Waals surface area contributed by atoms with Crippen LogP contribution >= 0.6 is 0 Å². The number of hydrogen-bond donors (Lipinski definition) is 1. The molecule has 1 aromatic rings. The van der Waals surface area contributed by atoms with Crippen molar-refractivity contribution >= 4 is 21.6 Å². The van der Waals surface area contributed by atoms with Crippen molar-refractivity contribution in [2.75, 3.05) is 17.6 Å². The van der Waals surface area contributed by atoms with Gasteiger partial charge in [-0.05, 0) is 87.0 Å². The zero-order valence-corrected chi connectivity index (χ0v) is 18.4. The summed E-state index contributed by atoms with van der Waals surface area (Å²) < 4.78 is 30.5. The van der Waals surface area contributed by atoms with E-state index in [1.54, 1.807) is 24.3 Å². The van der Waals surface area contributed by atoms with Crippen molar-refractivity contribution in [1.82, 2.24) is 5.32 Å². The van der Waals surface area contributed by atoms with Crippen molar-refractivity contribution in [1.29, 1.82) is 0 Å². The number of carbonyl (C=O) groups excluding carboxylic acids is 1. The van der Waals surface area contributed by atoms with Crippen LogP contribution in [-0.2, 0) is 14.8 Å². The fourth-order valence-corrected chi connectivity index (χ4v) is 6.52. The summed E-state index contributed by atoms with van der Waals surface area (Å²) in [5.41, 5.74) is 0.538. The van der Waals surface area contributed by atoms with Gasteiger partial charge in [0.05, 0.1) is 11.9 Å². The van der Waals surface area contributed by atoms with E-state index in [0.717, 1.165) is 37.0 Å². The quantitative estimate of drug-likeness (QED) is 0.734. The smallest absolute Gasteiger partial charge is 0.261 e. The molecule has 1 amide bonds. The van der Waals surface area contributed by atoms with Crippen LogP contribution in [-0.4, -0.2) is 39.3 Å². The maximum Gasteiger partial charge on any atom is 0.261 e. The van der Waals surface area contributed by atoms with Crippen molar-refractivity contribution in [2.45, 2.75) is 63.5 Å². The number of nitrogens with one attached hydrogen (secondary N) is 1. The Kier molecular flexibility index (Phi) is 5.30. The van der Waals surface area contributed by atoms with Gasteiger partial charge >= 0.3 is 0 Å². The zero-order chi connectivity index (χ0) is 20.8. The number of benzene rings is 1. The van der Waals surface area contributed by atoms with Crippen LogP contribution in [0.15, 0.2) is 24.3 Å². The third-order valence-electron chi connectivity index (χ3n) is 7.07. The molecule has 0 saturated heterocycles. The molecule has 4 saturated carbocycles. The normalized spacial score (nSPS) is 31.3. The van der Waals surface area contributed by atoms with E-state index in [1.807, 2.05) is 6.92 Å². The summed E-state index contributed by atoms with van der Waals surface area (Å²) in [6.07, 6.45) is 8.60. The second-order valence-corrected chi connectivity index (χ2v) is 11.4. The second kappa shape index (κ2) is 7.49. The highest BCUT2D eigenvalue weighted by Gasteiger charge is 2.51. The number of ether oxygens (including phenoxy) is 1. The lowest BCUT2D eigenvalue weighted by atomic mass is 9.53. The average molecular weight is 421 g/mol. The summed E-state index contributed by atoms with van der Waals surface area (Å²) in [4.78, 5) is 13.0. The number of sulfonamides is 1.